The van der Waals surface area contributed by atoms with Crippen LogP contribution in [0.4, 0.5) is 11.8 Å². The maximum Gasteiger partial charge on any atom is 0.222 e. The monoisotopic (exact) mass is 353 g/mol. The molecule has 1 unspecified atom stereocenters. The summed E-state index contributed by atoms with van der Waals surface area (Å²) in [5.41, 5.74) is 8.42. The third kappa shape index (κ3) is 3.02. The highest BCUT2D eigenvalue weighted by Crippen LogP contribution is 2.29. The van der Waals surface area contributed by atoms with Crippen molar-refractivity contribution in [1.29, 1.82) is 0 Å². The van der Waals surface area contributed by atoms with Gasteiger partial charge in [-0.25, -0.2) is 9.97 Å². The summed E-state index contributed by atoms with van der Waals surface area (Å²) in [6, 6.07) is 7.32. The number of anilines is 2. The van der Waals surface area contributed by atoms with Crippen molar-refractivity contribution in [3.8, 4) is 11.3 Å². The minimum atomic E-state index is -0.357. The minimum absolute atomic E-state index is 0.106. The smallest absolute Gasteiger partial charge is 0.222 e. The number of fused-ring (bicyclic) bond motifs is 1. The van der Waals surface area contributed by atoms with Crippen LogP contribution in [-0.4, -0.2) is 36.9 Å². The van der Waals surface area contributed by atoms with E-state index >= 15 is 0 Å². The zero-order valence-electron chi connectivity index (χ0n) is 13.0. The Kier molecular flexibility index (Phi) is 4.00. The number of nitrogens with two attached hydrogens (primary N) is 1. The number of aliphatic hydroxyl groups excluding tert-OH is 1. The highest BCUT2D eigenvalue weighted by atomic mass is 32.1. The molecule has 3 aromatic heterocycles. The maximum atomic E-state index is 9.69. The van der Waals surface area contributed by atoms with Crippen molar-refractivity contribution in [1.82, 2.24) is 25.1 Å². The summed E-state index contributed by atoms with van der Waals surface area (Å²) in [6.45, 7) is -0.106. The fourth-order valence-electron chi connectivity index (χ4n) is 2.60. The molecule has 4 rings (SSSR count). The largest absolute Gasteiger partial charge is 0.394 e. The molecule has 0 radical (unpaired) electrons. The number of aliphatic hydroxyl groups is 1. The van der Waals surface area contributed by atoms with Crippen LogP contribution in [0.2, 0.25) is 0 Å². The molecule has 126 valence electrons. The summed E-state index contributed by atoms with van der Waals surface area (Å²) in [5.74, 6) is 0.723. The molecular weight excluding hydrogens is 338 g/mol. The predicted octanol–water partition coefficient (Wildman–Crippen LogP) is 2.20. The molecule has 0 fully saturated rings. The summed E-state index contributed by atoms with van der Waals surface area (Å²) in [5, 5.41) is 23.3. The van der Waals surface area contributed by atoms with Gasteiger partial charge in [-0.2, -0.15) is 10.1 Å². The lowest BCUT2D eigenvalue weighted by Crippen LogP contribution is -2.16. The average Bonchev–Trinajstić information content (AvgIpc) is 3.32. The van der Waals surface area contributed by atoms with Gasteiger partial charge in [-0.05, 0) is 18.2 Å². The van der Waals surface area contributed by atoms with Crippen molar-refractivity contribution in [3.63, 3.8) is 0 Å². The van der Waals surface area contributed by atoms with Gasteiger partial charge < -0.3 is 16.2 Å². The summed E-state index contributed by atoms with van der Waals surface area (Å²) in [6.07, 6.45) is 3.40. The van der Waals surface area contributed by atoms with Gasteiger partial charge in [-0.1, -0.05) is 6.07 Å². The molecule has 9 heteroatoms. The molecule has 0 aliphatic rings. The van der Waals surface area contributed by atoms with Crippen molar-refractivity contribution in [3.05, 3.63) is 47.0 Å². The van der Waals surface area contributed by atoms with E-state index in [2.05, 4.69) is 30.5 Å². The Hall–Kier alpha value is -3.04. The van der Waals surface area contributed by atoms with E-state index in [9.17, 15) is 5.11 Å². The fourth-order valence-corrected chi connectivity index (χ4v) is 3.28. The first-order chi connectivity index (χ1) is 12.2. The van der Waals surface area contributed by atoms with Crippen LogP contribution in [0.1, 0.15) is 11.0 Å². The van der Waals surface area contributed by atoms with Crippen LogP contribution in [0.3, 0.4) is 0 Å². The Labute approximate surface area is 146 Å². The molecule has 0 saturated heterocycles. The number of nitrogens with zero attached hydrogens (tertiary/aromatic N) is 4. The third-order valence-corrected chi connectivity index (χ3v) is 4.66. The topological polar surface area (TPSA) is 126 Å². The van der Waals surface area contributed by atoms with Crippen LogP contribution in [0.25, 0.3) is 22.2 Å². The number of aromatic amines is 1. The molecule has 0 amide bonds. The summed E-state index contributed by atoms with van der Waals surface area (Å²) in [7, 11) is 0. The number of nitrogens with one attached hydrogen (secondary N) is 2. The molecule has 4 aromatic rings. The Morgan fingerprint density at radius 3 is 2.88 bits per heavy atom. The van der Waals surface area contributed by atoms with Crippen molar-refractivity contribution in [2.24, 2.45) is 0 Å². The van der Waals surface area contributed by atoms with Crippen LogP contribution in [0.15, 0.2) is 42.0 Å². The number of nitrogen functional groups attached to an aromatic ring is 1. The number of benzene rings is 1. The van der Waals surface area contributed by atoms with Crippen LogP contribution in [-0.2, 0) is 0 Å². The molecule has 0 bridgehead atoms. The highest BCUT2D eigenvalue weighted by Gasteiger charge is 2.16. The molecule has 5 N–H and O–H groups in total. The molecule has 1 aromatic carbocycles. The van der Waals surface area contributed by atoms with Crippen LogP contribution >= 0.6 is 11.3 Å². The van der Waals surface area contributed by atoms with E-state index in [1.807, 2.05) is 29.6 Å². The summed E-state index contributed by atoms with van der Waals surface area (Å²) in [4.78, 5) is 12.9. The fraction of sp³-hybridized carbons (Fsp3) is 0.125. The summed E-state index contributed by atoms with van der Waals surface area (Å²) >= 11 is 1.47. The quantitative estimate of drug-likeness (QED) is 0.433. The molecule has 0 spiro atoms. The Bertz CT molecular complexity index is 985. The van der Waals surface area contributed by atoms with Gasteiger partial charge in [0.05, 0.1) is 17.8 Å². The minimum Gasteiger partial charge on any atom is -0.394 e. The van der Waals surface area contributed by atoms with Crippen molar-refractivity contribution in [2.45, 2.75) is 6.04 Å². The number of thiazole rings is 1. The predicted molar refractivity (Wildman–Crippen MR) is 97.1 cm³/mol. The molecule has 0 aliphatic carbocycles. The molecular formula is C16H15N7OS. The second-order valence-electron chi connectivity index (χ2n) is 5.38. The van der Waals surface area contributed by atoms with Crippen molar-refractivity contribution >= 4 is 34.0 Å². The van der Waals surface area contributed by atoms with Gasteiger partial charge in [0, 0.05) is 28.7 Å². The molecule has 3 heterocycles. The van der Waals surface area contributed by atoms with E-state index in [0.717, 1.165) is 21.7 Å². The maximum absolute atomic E-state index is 9.69. The lowest BCUT2D eigenvalue weighted by Gasteiger charge is -2.16. The van der Waals surface area contributed by atoms with Gasteiger partial charge in [0.1, 0.15) is 16.9 Å². The zero-order valence-corrected chi connectivity index (χ0v) is 13.9. The number of hydrogen-bond acceptors (Lipinski definition) is 8. The van der Waals surface area contributed by atoms with Crippen molar-refractivity contribution in [2.75, 3.05) is 17.7 Å². The zero-order chi connectivity index (χ0) is 17.2. The van der Waals surface area contributed by atoms with Gasteiger partial charge >= 0.3 is 0 Å². The SMILES string of the molecule is Nc1nc(NC(CO)c2nccs2)c2ccc(-c3ccn[nH]3)cc2n1. The molecule has 1 atom stereocenters. The molecule has 0 saturated carbocycles. The van der Waals surface area contributed by atoms with E-state index in [1.54, 1.807) is 12.4 Å². The average molecular weight is 353 g/mol. The van der Waals surface area contributed by atoms with E-state index in [4.69, 9.17) is 5.73 Å². The van der Waals surface area contributed by atoms with Crippen LogP contribution < -0.4 is 11.1 Å². The molecule has 0 aliphatic heterocycles. The Morgan fingerprint density at radius 1 is 1.24 bits per heavy atom. The molecule has 25 heavy (non-hydrogen) atoms. The second-order valence-corrected chi connectivity index (χ2v) is 6.31. The highest BCUT2D eigenvalue weighted by molar-refractivity contribution is 7.09. The number of H-pyrrole nitrogens is 1. The van der Waals surface area contributed by atoms with Gasteiger partial charge in [-0.15, -0.1) is 11.3 Å². The normalized spacial score (nSPS) is 12.4. The van der Waals surface area contributed by atoms with E-state index in [-0.39, 0.29) is 18.6 Å². The molecule has 8 nitrogen and oxygen atoms in total. The van der Waals surface area contributed by atoms with Gasteiger partial charge in [0.15, 0.2) is 0 Å². The first-order valence-corrected chi connectivity index (χ1v) is 8.46. The first kappa shape index (κ1) is 15.5. The first-order valence-electron chi connectivity index (χ1n) is 7.58. The Balaban J connectivity index is 1.76. The number of hydrogen-bond donors (Lipinski definition) is 4. The number of rotatable bonds is 5. The van der Waals surface area contributed by atoms with Crippen LogP contribution in [0, 0.1) is 0 Å². The van der Waals surface area contributed by atoms with Crippen molar-refractivity contribution < 1.29 is 5.11 Å². The second kappa shape index (κ2) is 6.46. The van der Waals surface area contributed by atoms with E-state index in [1.165, 1.54) is 11.3 Å². The summed E-state index contributed by atoms with van der Waals surface area (Å²) < 4.78 is 0. The van der Waals surface area contributed by atoms with E-state index < -0.39 is 0 Å². The van der Waals surface area contributed by atoms with E-state index in [0.29, 0.717) is 11.3 Å². The third-order valence-electron chi connectivity index (χ3n) is 3.77. The van der Waals surface area contributed by atoms with Gasteiger partial charge in [0.2, 0.25) is 5.95 Å². The lowest BCUT2D eigenvalue weighted by molar-refractivity contribution is 0.276. The Morgan fingerprint density at radius 2 is 2.16 bits per heavy atom. The van der Waals surface area contributed by atoms with Gasteiger partial charge in [0.25, 0.3) is 0 Å². The lowest BCUT2D eigenvalue weighted by atomic mass is 10.1. The van der Waals surface area contributed by atoms with Gasteiger partial charge in [-0.3, -0.25) is 5.10 Å². The van der Waals surface area contributed by atoms with Crippen LogP contribution in [0.5, 0.6) is 0 Å². The standard InChI is InChI=1S/C16H15N7OS/c17-16-21-12-7-9(11-3-4-19-23-11)1-2-10(12)14(22-16)20-13(8-24)15-18-5-6-25-15/h1-7,13,24H,8H2,(H,19,23)(H3,17,20,21,22). The number of aromatic nitrogens is 5.